The van der Waals surface area contributed by atoms with Gasteiger partial charge in [0.05, 0.1) is 30.6 Å². The highest BCUT2D eigenvalue weighted by Crippen LogP contribution is 2.41. The van der Waals surface area contributed by atoms with Gasteiger partial charge in [0.25, 0.3) is 0 Å². The molecule has 2 aliphatic heterocycles. The van der Waals surface area contributed by atoms with Crippen molar-refractivity contribution in [2.24, 2.45) is 9.98 Å². The molecule has 2 atom stereocenters. The second kappa shape index (κ2) is 19.8. The normalized spacial score (nSPS) is 15.1. The molecule has 15 nitrogen and oxygen atoms in total. The summed E-state index contributed by atoms with van der Waals surface area (Å²) in [5.41, 5.74) is 8.24. The molecular formula is C48H51Cl2N11O4S2. The highest BCUT2D eigenvalue weighted by atomic mass is 35.5. The molecule has 7 heterocycles. The number of carbonyl (C=O) groups excluding carboxylic acids is 2. The van der Waals surface area contributed by atoms with Gasteiger partial charge in [-0.3, -0.25) is 28.7 Å². The number of amides is 1. The number of aliphatic imine (C=N–C) groups is 2. The molecule has 0 saturated carbocycles. The Labute approximate surface area is 406 Å². The zero-order valence-corrected chi connectivity index (χ0v) is 41.8. The topological polar surface area (TPSA) is 179 Å². The van der Waals surface area contributed by atoms with Gasteiger partial charge in [-0.15, -0.1) is 43.1 Å². The molecule has 9 rings (SSSR count). The number of nitrogens with zero attached hydrogens (tertiary/aromatic N) is 9. The third-order valence-electron chi connectivity index (χ3n) is 11.3. The minimum atomic E-state index is -0.592. The lowest BCUT2D eigenvalue weighted by atomic mass is 9.99. The Morgan fingerprint density at radius 3 is 1.84 bits per heavy atom. The predicted molar refractivity (Wildman–Crippen MR) is 263 cm³/mol. The van der Waals surface area contributed by atoms with Gasteiger partial charge in [-0.25, -0.2) is 4.98 Å². The van der Waals surface area contributed by atoms with Gasteiger partial charge in [0.1, 0.15) is 40.1 Å². The number of hydrogen-bond acceptors (Lipinski definition) is 13. The molecule has 0 fully saturated rings. The number of halogens is 2. The molecule has 67 heavy (non-hydrogen) atoms. The quantitative estimate of drug-likeness (QED) is 0.119. The Morgan fingerprint density at radius 2 is 1.30 bits per heavy atom. The molecule has 5 aromatic heterocycles. The molecule has 7 aromatic rings. The van der Waals surface area contributed by atoms with Crippen molar-refractivity contribution in [3.8, 4) is 10.0 Å². The summed E-state index contributed by atoms with van der Waals surface area (Å²) in [5.74, 6) is 2.28. The highest BCUT2D eigenvalue weighted by Gasteiger charge is 2.35. The molecule has 19 heteroatoms. The number of hydrogen-bond donors (Lipinski definition) is 2. The van der Waals surface area contributed by atoms with Crippen LogP contribution in [0.4, 0.5) is 0 Å². The van der Waals surface area contributed by atoms with E-state index in [1.165, 1.54) is 9.75 Å². The van der Waals surface area contributed by atoms with E-state index < -0.39 is 17.7 Å². The number of aryl methyl sites for hydroxylation is 3. The molecule has 2 unspecified atom stereocenters. The van der Waals surface area contributed by atoms with E-state index in [0.717, 1.165) is 66.3 Å². The maximum atomic E-state index is 12.9. The fourth-order valence-corrected chi connectivity index (χ4v) is 10.6. The average Bonchev–Trinajstić information content (AvgIpc) is 4.10. The van der Waals surface area contributed by atoms with Gasteiger partial charge in [0.15, 0.2) is 17.5 Å². The fraction of sp³-hybridized carbons (Fsp3) is 0.354. The minimum Gasteiger partial charge on any atom is -0.460 e. The Balaban J connectivity index is 0.000000182. The Hall–Kier alpha value is -5.85. The molecule has 0 bridgehead atoms. The lowest BCUT2D eigenvalue weighted by Crippen LogP contribution is -2.27. The summed E-state index contributed by atoms with van der Waals surface area (Å²) >= 11 is 15.7. The lowest BCUT2D eigenvalue weighted by molar-refractivity contribution is -0.155. The lowest BCUT2D eigenvalue weighted by Gasteiger charge is -2.21. The molecule has 0 aliphatic carbocycles. The number of benzene rings is 2. The number of thiophene rings is 2. The van der Waals surface area contributed by atoms with E-state index in [-0.39, 0.29) is 31.3 Å². The van der Waals surface area contributed by atoms with Crippen LogP contribution in [0.1, 0.15) is 118 Å². The van der Waals surface area contributed by atoms with Gasteiger partial charge >= 0.3 is 5.97 Å². The molecule has 2 aromatic carbocycles. The van der Waals surface area contributed by atoms with Crippen molar-refractivity contribution in [2.75, 3.05) is 13.7 Å². The van der Waals surface area contributed by atoms with Crippen molar-refractivity contribution in [1.82, 2.24) is 44.8 Å². The maximum Gasteiger partial charge on any atom is 0.308 e. The molecule has 348 valence electrons. The summed E-state index contributed by atoms with van der Waals surface area (Å²) in [4.78, 5) is 45.4. The first-order chi connectivity index (χ1) is 32.0. The van der Waals surface area contributed by atoms with Gasteiger partial charge in [-0.05, 0) is 90.8 Å². The zero-order chi connectivity index (χ0) is 47.7. The third kappa shape index (κ3) is 10.2. The number of aromatic amines is 1. The van der Waals surface area contributed by atoms with E-state index in [1.807, 2.05) is 80.8 Å². The smallest absolute Gasteiger partial charge is 0.308 e. The van der Waals surface area contributed by atoms with E-state index in [9.17, 15) is 9.59 Å². The van der Waals surface area contributed by atoms with Crippen LogP contribution in [-0.4, -0.2) is 82.1 Å². The van der Waals surface area contributed by atoms with E-state index in [4.69, 9.17) is 42.7 Å². The standard InChI is InChI=1S/C24H24ClN7OS.C24H27ClN4O3S/c1-13-14(2)34-24-21(13)22(16-4-6-17(25)7-5-16)29-19(23-31-30-15(3)32(23)24)10-20(33)27-9-8-18-11-26-12-28-18;1-13-14(2)33-23-20(13)21(15-7-9-16(25)10-8-15)26-17(11-19(30)32-24(3,4)5)22-28-27-18(12-31-6)29(22)23/h4-7,11-12,19H,8-10H2,1-3H3,(H,26,28)(H,27,33);7-10,17H,11-12H2,1-6H3. The Kier molecular flexibility index (Phi) is 14.1. The molecule has 2 aliphatic rings. The van der Waals surface area contributed by atoms with E-state index in [2.05, 4.69) is 67.9 Å². The van der Waals surface area contributed by atoms with Crippen molar-refractivity contribution in [3.63, 3.8) is 0 Å². The van der Waals surface area contributed by atoms with Crippen LogP contribution in [-0.2, 0) is 32.1 Å². The summed E-state index contributed by atoms with van der Waals surface area (Å²) in [7, 11) is 1.62. The highest BCUT2D eigenvalue weighted by molar-refractivity contribution is 7.15. The first-order valence-electron chi connectivity index (χ1n) is 21.7. The number of aromatic nitrogens is 8. The third-order valence-corrected chi connectivity index (χ3v) is 14.2. The Bertz CT molecular complexity index is 3000. The van der Waals surface area contributed by atoms with E-state index in [1.54, 1.807) is 42.3 Å². The first kappa shape index (κ1) is 47.6. The summed E-state index contributed by atoms with van der Waals surface area (Å²) in [6, 6.07) is 14.2. The largest absolute Gasteiger partial charge is 0.460 e. The number of nitrogens with one attached hydrogen (secondary N) is 2. The second-order valence-electron chi connectivity index (χ2n) is 17.3. The maximum absolute atomic E-state index is 12.9. The summed E-state index contributed by atoms with van der Waals surface area (Å²) in [6.07, 6.45) is 4.29. The van der Waals surface area contributed by atoms with Crippen molar-refractivity contribution < 1.29 is 19.1 Å². The first-order valence-corrected chi connectivity index (χ1v) is 24.1. The zero-order valence-electron chi connectivity index (χ0n) is 38.7. The molecule has 2 N–H and O–H groups in total. The summed E-state index contributed by atoms with van der Waals surface area (Å²) < 4.78 is 15.0. The predicted octanol–water partition coefficient (Wildman–Crippen LogP) is 9.64. The van der Waals surface area contributed by atoms with Gasteiger partial charge in [0.2, 0.25) is 5.91 Å². The van der Waals surface area contributed by atoms with Crippen LogP contribution < -0.4 is 5.32 Å². The summed E-state index contributed by atoms with van der Waals surface area (Å²) in [5, 5.41) is 23.9. The van der Waals surface area contributed by atoms with Crippen molar-refractivity contribution in [2.45, 2.75) is 98.9 Å². The van der Waals surface area contributed by atoms with E-state index in [0.29, 0.717) is 40.5 Å². The number of H-pyrrole nitrogens is 1. The molecule has 0 saturated heterocycles. The van der Waals surface area contributed by atoms with Crippen LogP contribution in [0.5, 0.6) is 0 Å². The van der Waals surface area contributed by atoms with Gasteiger partial charge in [-0.2, -0.15) is 0 Å². The average molecular weight is 981 g/mol. The number of methoxy groups -OCH3 is 1. The fourth-order valence-electron chi connectivity index (χ4n) is 7.96. The number of carbonyl (C=O) groups is 2. The Morgan fingerprint density at radius 1 is 0.761 bits per heavy atom. The van der Waals surface area contributed by atoms with E-state index >= 15 is 0 Å². The SMILES string of the molecule is COCc1nnc2n1-c1sc(C)c(C)c1C(c1ccc(Cl)cc1)=NC2CC(=O)OC(C)(C)C.Cc1sc2c(c1C)C(c1ccc(Cl)cc1)=NC(CC(=O)NCCc1cnc[nH]1)c1nnc(C)n1-2. The minimum absolute atomic E-state index is 0.0481. The number of rotatable bonds is 11. The van der Waals surface area contributed by atoms with Crippen LogP contribution in [0.15, 0.2) is 71.0 Å². The number of ether oxygens (including phenoxy) is 2. The van der Waals surface area contributed by atoms with Crippen LogP contribution in [0.3, 0.4) is 0 Å². The van der Waals surface area contributed by atoms with Crippen molar-refractivity contribution in [1.29, 1.82) is 0 Å². The summed E-state index contributed by atoms with van der Waals surface area (Å²) in [6.45, 7) is 16.7. The van der Waals surface area contributed by atoms with Gasteiger partial charge in [-0.1, -0.05) is 47.5 Å². The van der Waals surface area contributed by atoms with Crippen molar-refractivity contribution >= 4 is 69.2 Å². The van der Waals surface area contributed by atoms with Crippen LogP contribution in [0.25, 0.3) is 10.0 Å². The van der Waals surface area contributed by atoms with Gasteiger partial charge < -0.3 is 19.8 Å². The molecule has 0 radical (unpaired) electrons. The van der Waals surface area contributed by atoms with Crippen LogP contribution in [0.2, 0.25) is 10.0 Å². The molecule has 0 spiro atoms. The number of esters is 1. The van der Waals surface area contributed by atoms with Gasteiger partial charge in [0, 0.05) is 74.0 Å². The second-order valence-corrected chi connectivity index (χ2v) is 20.6. The number of imidazole rings is 1. The number of fused-ring (bicyclic) bond motifs is 6. The monoisotopic (exact) mass is 979 g/mol. The van der Waals surface area contributed by atoms with Crippen LogP contribution in [0, 0.1) is 34.6 Å². The molecular weight excluding hydrogens is 930 g/mol. The van der Waals surface area contributed by atoms with Crippen LogP contribution >= 0.6 is 45.9 Å². The van der Waals surface area contributed by atoms with Crippen molar-refractivity contribution in [3.05, 3.63) is 143 Å². The molecule has 1 amide bonds.